The van der Waals surface area contributed by atoms with Gasteiger partial charge in [0.15, 0.2) is 5.82 Å². The Hall–Kier alpha value is -1.92. The molecule has 0 saturated carbocycles. The quantitative estimate of drug-likeness (QED) is 0.528. The first-order valence-electron chi connectivity index (χ1n) is 6.88. The van der Waals surface area contributed by atoms with Crippen LogP contribution in [0.1, 0.15) is 21.8 Å². The number of aromatic nitrogens is 3. The third-order valence-corrected chi connectivity index (χ3v) is 4.83. The van der Waals surface area contributed by atoms with Crippen molar-refractivity contribution in [1.82, 2.24) is 14.9 Å². The van der Waals surface area contributed by atoms with Gasteiger partial charge in [0.1, 0.15) is 0 Å². The predicted molar refractivity (Wildman–Crippen MR) is 93.1 cm³/mol. The van der Waals surface area contributed by atoms with E-state index in [0.29, 0.717) is 0 Å². The van der Waals surface area contributed by atoms with E-state index in [1.54, 1.807) is 23.1 Å². The van der Waals surface area contributed by atoms with Gasteiger partial charge in [-0.1, -0.05) is 42.1 Å². The van der Waals surface area contributed by atoms with Crippen molar-refractivity contribution in [2.45, 2.75) is 18.5 Å². The van der Waals surface area contributed by atoms with Crippen LogP contribution in [0.2, 0.25) is 0 Å². The molecule has 0 fully saturated rings. The van der Waals surface area contributed by atoms with Gasteiger partial charge in [-0.15, -0.1) is 21.5 Å². The Morgan fingerprint density at radius 1 is 1.23 bits per heavy atom. The minimum absolute atomic E-state index is 0.717. The number of nitrogens with zero attached hydrogens (tertiary/aromatic N) is 4. The highest BCUT2D eigenvalue weighted by atomic mass is 32.2. The van der Waals surface area contributed by atoms with Crippen molar-refractivity contribution in [3.05, 3.63) is 63.6 Å². The minimum atomic E-state index is 0.717. The van der Waals surface area contributed by atoms with Gasteiger partial charge in [0.2, 0.25) is 5.16 Å². The molecule has 0 aliphatic heterocycles. The van der Waals surface area contributed by atoms with Crippen LogP contribution in [0, 0.1) is 6.92 Å². The van der Waals surface area contributed by atoms with Gasteiger partial charge in [0.25, 0.3) is 0 Å². The lowest BCUT2D eigenvalue weighted by Gasteiger charge is -2.03. The van der Waals surface area contributed by atoms with Crippen molar-refractivity contribution in [3.8, 4) is 0 Å². The first-order chi connectivity index (χ1) is 10.8. The van der Waals surface area contributed by atoms with E-state index in [1.165, 1.54) is 11.1 Å². The molecule has 1 aromatic carbocycles. The fourth-order valence-corrected chi connectivity index (χ4v) is 3.28. The van der Waals surface area contributed by atoms with Crippen LogP contribution in [0.3, 0.4) is 0 Å². The molecule has 0 amide bonds. The molecule has 0 radical (unpaired) electrons. The Bertz CT molecular complexity index is 775. The standard InChI is InChI=1S/C16H16N4S2/c1-12-8-9-22-14(12)11-17-20-15(18-19-16(20)21-2)10-13-6-4-3-5-7-13/h3-9,11H,10H2,1-2H3/b17-11-. The second-order valence-corrected chi connectivity index (χ2v) is 6.51. The normalized spacial score (nSPS) is 11.4. The van der Waals surface area contributed by atoms with Crippen molar-refractivity contribution >= 4 is 29.3 Å². The van der Waals surface area contributed by atoms with E-state index in [2.05, 4.69) is 45.8 Å². The van der Waals surface area contributed by atoms with E-state index < -0.39 is 0 Å². The lowest BCUT2D eigenvalue weighted by molar-refractivity contribution is 0.730. The molecule has 4 nitrogen and oxygen atoms in total. The summed E-state index contributed by atoms with van der Waals surface area (Å²) < 4.78 is 1.83. The predicted octanol–water partition coefficient (Wildman–Crippen LogP) is 3.84. The van der Waals surface area contributed by atoms with Gasteiger partial charge in [0, 0.05) is 6.42 Å². The summed E-state index contributed by atoms with van der Waals surface area (Å²) >= 11 is 3.23. The van der Waals surface area contributed by atoms with Crippen LogP contribution in [0.15, 0.2) is 52.0 Å². The Labute approximate surface area is 137 Å². The highest BCUT2D eigenvalue weighted by Crippen LogP contribution is 2.17. The molecule has 0 aliphatic carbocycles. The molecule has 0 aliphatic rings. The molecular formula is C16H16N4S2. The number of thiophene rings is 1. The van der Waals surface area contributed by atoms with Crippen LogP contribution in [0.5, 0.6) is 0 Å². The van der Waals surface area contributed by atoms with Crippen molar-refractivity contribution in [3.63, 3.8) is 0 Å². The van der Waals surface area contributed by atoms with Gasteiger partial charge < -0.3 is 0 Å². The van der Waals surface area contributed by atoms with Crippen LogP contribution >= 0.6 is 23.1 Å². The minimum Gasteiger partial charge on any atom is -0.191 e. The molecule has 2 heterocycles. The third-order valence-electron chi connectivity index (χ3n) is 3.26. The molecule has 0 saturated heterocycles. The van der Waals surface area contributed by atoms with Gasteiger partial charge in [-0.3, -0.25) is 0 Å². The van der Waals surface area contributed by atoms with E-state index in [0.717, 1.165) is 22.3 Å². The Balaban J connectivity index is 1.90. The first-order valence-corrected chi connectivity index (χ1v) is 8.99. The topological polar surface area (TPSA) is 43.1 Å². The SMILES string of the molecule is CSc1nnc(Cc2ccccc2)n1/N=C\c1sccc1C. The van der Waals surface area contributed by atoms with Gasteiger partial charge in [-0.2, -0.15) is 9.78 Å². The van der Waals surface area contributed by atoms with Gasteiger partial charge in [-0.25, -0.2) is 0 Å². The number of benzene rings is 1. The monoisotopic (exact) mass is 328 g/mol. The molecule has 0 atom stereocenters. The molecule has 3 aromatic rings. The summed E-state index contributed by atoms with van der Waals surface area (Å²) in [5.74, 6) is 0.848. The van der Waals surface area contributed by atoms with Crippen LogP contribution in [0.4, 0.5) is 0 Å². The van der Waals surface area contributed by atoms with Crippen molar-refractivity contribution < 1.29 is 0 Å². The lowest BCUT2D eigenvalue weighted by Crippen LogP contribution is -2.01. The average molecular weight is 328 g/mol. The van der Waals surface area contributed by atoms with Crippen LogP contribution in [0.25, 0.3) is 0 Å². The zero-order valence-electron chi connectivity index (χ0n) is 12.4. The number of hydrogen-bond donors (Lipinski definition) is 0. The molecule has 0 bridgehead atoms. The third kappa shape index (κ3) is 3.28. The van der Waals surface area contributed by atoms with E-state index in [1.807, 2.05) is 35.3 Å². The van der Waals surface area contributed by atoms with Crippen molar-refractivity contribution in [2.24, 2.45) is 5.10 Å². The zero-order chi connectivity index (χ0) is 15.4. The maximum absolute atomic E-state index is 4.59. The first kappa shape index (κ1) is 15.0. The van der Waals surface area contributed by atoms with Gasteiger partial charge in [0.05, 0.1) is 11.1 Å². The summed E-state index contributed by atoms with van der Waals surface area (Å²) in [4.78, 5) is 1.16. The molecule has 6 heteroatoms. The summed E-state index contributed by atoms with van der Waals surface area (Å²) in [5.41, 5.74) is 2.43. The number of hydrogen-bond acceptors (Lipinski definition) is 5. The van der Waals surface area contributed by atoms with E-state index in [-0.39, 0.29) is 0 Å². The van der Waals surface area contributed by atoms with E-state index >= 15 is 0 Å². The summed E-state index contributed by atoms with van der Waals surface area (Å²) in [7, 11) is 0. The highest BCUT2D eigenvalue weighted by Gasteiger charge is 2.11. The van der Waals surface area contributed by atoms with Crippen LogP contribution in [-0.2, 0) is 6.42 Å². The van der Waals surface area contributed by atoms with Crippen molar-refractivity contribution in [1.29, 1.82) is 0 Å². The van der Waals surface area contributed by atoms with E-state index in [4.69, 9.17) is 0 Å². The number of aryl methyl sites for hydroxylation is 1. The van der Waals surface area contributed by atoms with Crippen molar-refractivity contribution in [2.75, 3.05) is 6.26 Å². The zero-order valence-corrected chi connectivity index (χ0v) is 14.1. The molecule has 0 spiro atoms. The molecule has 2 aromatic heterocycles. The lowest BCUT2D eigenvalue weighted by atomic mass is 10.1. The smallest absolute Gasteiger partial charge is 0.191 e. The summed E-state index contributed by atoms with van der Waals surface area (Å²) in [6, 6.07) is 12.3. The van der Waals surface area contributed by atoms with Crippen LogP contribution < -0.4 is 0 Å². The summed E-state index contributed by atoms with van der Waals surface area (Å²) in [5, 5.41) is 16.0. The molecule has 112 valence electrons. The Morgan fingerprint density at radius 2 is 2.05 bits per heavy atom. The molecule has 22 heavy (non-hydrogen) atoms. The molecule has 3 rings (SSSR count). The summed E-state index contributed by atoms with van der Waals surface area (Å²) in [6.45, 7) is 2.09. The fraction of sp³-hybridized carbons (Fsp3) is 0.188. The Morgan fingerprint density at radius 3 is 2.73 bits per heavy atom. The number of thioether (sulfide) groups is 1. The average Bonchev–Trinajstić information content (AvgIpc) is 3.12. The number of rotatable bonds is 5. The van der Waals surface area contributed by atoms with Gasteiger partial charge in [-0.05, 0) is 35.8 Å². The second-order valence-electron chi connectivity index (χ2n) is 4.79. The summed E-state index contributed by atoms with van der Waals surface area (Å²) in [6.07, 6.45) is 4.59. The fourth-order valence-electron chi connectivity index (χ4n) is 2.05. The molecular weight excluding hydrogens is 312 g/mol. The van der Waals surface area contributed by atoms with Crippen LogP contribution in [-0.4, -0.2) is 27.3 Å². The Kier molecular flexibility index (Phi) is 4.70. The molecule has 0 N–H and O–H groups in total. The molecule has 0 unspecified atom stereocenters. The highest BCUT2D eigenvalue weighted by molar-refractivity contribution is 7.98. The van der Waals surface area contributed by atoms with Gasteiger partial charge >= 0.3 is 0 Å². The van der Waals surface area contributed by atoms with E-state index in [9.17, 15) is 0 Å². The maximum atomic E-state index is 4.59. The largest absolute Gasteiger partial charge is 0.211 e. The maximum Gasteiger partial charge on any atom is 0.211 e. The second kappa shape index (κ2) is 6.89.